The van der Waals surface area contributed by atoms with Crippen LogP contribution in [-0.4, -0.2) is 52.5 Å². The highest BCUT2D eigenvalue weighted by atomic mass is 16.7. The Labute approximate surface area is 131 Å². The molecule has 0 aromatic heterocycles. The Morgan fingerprint density at radius 1 is 1.09 bits per heavy atom. The summed E-state index contributed by atoms with van der Waals surface area (Å²) in [5.74, 6) is 0. The van der Waals surface area contributed by atoms with Crippen LogP contribution in [0.5, 0.6) is 0 Å². The van der Waals surface area contributed by atoms with Gasteiger partial charge in [-0.25, -0.2) is 0 Å². The first-order valence-corrected chi connectivity index (χ1v) is 7.25. The summed E-state index contributed by atoms with van der Waals surface area (Å²) < 4.78 is 28.0. The summed E-state index contributed by atoms with van der Waals surface area (Å²) in [6.07, 6.45) is -1.38. The molecule has 1 aliphatic rings. The van der Waals surface area contributed by atoms with Crippen molar-refractivity contribution < 1.29 is 23.7 Å². The lowest BCUT2D eigenvalue weighted by molar-refractivity contribution is -0.239. The van der Waals surface area contributed by atoms with Gasteiger partial charge < -0.3 is 23.7 Å². The summed E-state index contributed by atoms with van der Waals surface area (Å²) in [4.78, 5) is 0. The van der Waals surface area contributed by atoms with Crippen LogP contribution in [0.3, 0.4) is 0 Å². The molecule has 5 heteroatoms. The van der Waals surface area contributed by atoms with Crippen LogP contribution < -0.4 is 0 Å². The van der Waals surface area contributed by atoms with E-state index in [0.717, 1.165) is 11.1 Å². The average molecular weight is 308 g/mol. The largest absolute Gasteiger partial charge is 0.382 e. The van der Waals surface area contributed by atoms with Crippen molar-refractivity contribution in [3.63, 3.8) is 0 Å². The molecule has 4 atom stereocenters. The van der Waals surface area contributed by atoms with E-state index in [1.54, 1.807) is 21.3 Å². The van der Waals surface area contributed by atoms with E-state index in [2.05, 4.69) is 6.58 Å². The molecule has 0 saturated carbocycles. The Kier molecular flexibility index (Phi) is 6.54. The highest BCUT2D eigenvalue weighted by Gasteiger charge is 2.42. The summed E-state index contributed by atoms with van der Waals surface area (Å²) in [7, 11) is 4.88. The quantitative estimate of drug-likeness (QED) is 0.722. The second-order valence-electron chi connectivity index (χ2n) is 5.19. The van der Waals surface area contributed by atoms with Crippen LogP contribution in [0.2, 0.25) is 0 Å². The van der Waals surface area contributed by atoms with Crippen LogP contribution in [0.25, 0.3) is 0 Å². The first-order valence-electron chi connectivity index (χ1n) is 7.25. The molecule has 1 aromatic carbocycles. The molecule has 2 rings (SSSR count). The lowest BCUT2D eigenvalue weighted by atomic mass is 9.97. The molecule has 1 aromatic rings. The maximum Gasteiger partial charge on any atom is 0.183 e. The zero-order valence-corrected chi connectivity index (χ0v) is 13.4. The average Bonchev–Trinajstić information content (AvgIpc) is 2.55. The molecule has 1 heterocycles. The number of methoxy groups -OCH3 is 3. The standard InChI is InChI=1S/C17H24O5/c1-12-15(19-3)16(20-4)14(11-18-2)22-17(12)21-10-13-8-6-5-7-9-13/h5-9,14-17H,1,10-11H2,2-4H3/t14-,15-,16+,17+/m1/s1. The fourth-order valence-electron chi connectivity index (χ4n) is 2.62. The van der Waals surface area contributed by atoms with Gasteiger partial charge in [0.05, 0.1) is 13.2 Å². The zero-order valence-electron chi connectivity index (χ0n) is 13.4. The molecule has 1 saturated heterocycles. The molecule has 0 radical (unpaired) electrons. The van der Waals surface area contributed by atoms with E-state index in [1.807, 2.05) is 30.3 Å². The topological polar surface area (TPSA) is 46.2 Å². The molecular weight excluding hydrogens is 284 g/mol. The molecule has 1 aliphatic heterocycles. The van der Waals surface area contributed by atoms with Gasteiger partial charge in [-0.15, -0.1) is 0 Å². The van der Waals surface area contributed by atoms with Crippen molar-refractivity contribution in [1.29, 1.82) is 0 Å². The van der Waals surface area contributed by atoms with Gasteiger partial charge in [0.1, 0.15) is 18.3 Å². The molecule has 22 heavy (non-hydrogen) atoms. The lowest BCUT2D eigenvalue weighted by Gasteiger charge is -2.41. The highest BCUT2D eigenvalue weighted by Crippen LogP contribution is 2.29. The summed E-state index contributed by atoms with van der Waals surface area (Å²) in [6.45, 7) is 4.90. The third kappa shape index (κ3) is 3.94. The minimum atomic E-state index is -0.545. The maximum absolute atomic E-state index is 5.94. The predicted octanol–water partition coefficient (Wildman–Crippen LogP) is 2.16. The second kappa shape index (κ2) is 8.41. The van der Waals surface area contributed by atoms with Crippen molar-refractivity contribution in [2.75, 3.05) is 27.9 Å². The molecule has 0 spiro atoms. The van der Waals surface area contributed by atoms with Gasteiger partial charge in [0.25, 0.3) is 0 Å². The highest BCUT2D eigenvalue weighted by molar-refractivity contribution is 5.16. The first kappa shape index (κ1) is 17.1. The van der Waals surface area contributed by atoms with Crippen LogP contribution in [-0.2, 0) is 30.3 Å². The van der Waals surface area contributed by atoms with Crippen LogP contribution in [0.15, 0.2) is 42.5 Å². The molecule has 0 aliphatic carbocycles. The van der Waals surface area contributed by atoms with Gasteiger partial charge >= 0.3 is 0 Å². The molecular formula is C17H24O5. The summed E-state index contributed by atoms with van der Waals surface area (Å²) in [6, 6.07) is 9.93. The van der Waals surface area contributed by atoms with Gasteiger partial charge in [0.15, 0.2) is 6.29 Å². The van der Waals surface area contributed by atoms with Crippen molar-refractivity contribution in [3.8, 4) is 0 Å². The van der Waals surface area contributed by atoms with E-state index in [4.69, 9.17) is 23.7 Å². The van der Waals surface area contributed by atoms with Crippen molar-refractivity contribution in [2.45, 2.75) is 31.2 Å². The third-order valence-corrected chi connectivity index (χ3v) is 3.73. The molecule has 0 amide bonds. The van der Waals surface area contributed by atoms with Crippen molar-refractivity contribution in [3.05, 3.63) is 48.0 Å². The van der Waals surface area contributed by atoms with E-state index in [0.29, 0.717) is 13.2 Å². The van der Waals surface area contributed by atoms with E-state index < -0.39 is 6.29 Å². The number of benzene rings is 1. The number of hydrogen-bond acceptors (Lipinski definition) is 5. The van der Waals surface area contributed by atoms with Crippen molar-refractivity contribution in [2.24, 2.45) is 0 Å². The van der Waals surface area contributed by atoms with E-state index in [-0.39, 0.29) is 18.3 Å². The second-order valence-corrected chi connectivity index (χ2v) is 5.19. The van der Waals surface area contributed by atoms with Gasteiger partial charge in [-0.05, 0) is 5.56 Å². The summed E-state index contributed by atoms with van der Waals surface area (Å²) >= 11 is 0. The smallest absolute Gasteiger partial charge is 0.183 e. The normalized spacial score (nSPS) is 28.8. The monoisotopic (exact) mass is 308 g/mol. The number of hydrogen-bond donors (Lipinski definition) is 0. The van der Waals surface area contributed by atoms with Gasteiger partial charge in [0.2, 0.25) is 0 Å². The first-order chi connectivity index (χ1) is 10.7. The lowest BCUT2D eigenvalue weighted by Crippen LogP contribution is -2.53. The van der Waals surface area contributed by atoms with E-state index >= 15 is 0 Å². The minimum Gasteiger partial charge on any atom is -0.382 e. The van der Waals surface area contributed by atoms with Crippen LogP contribution >= 0.6 is 0 Å². The number of ether oxygens (including phenoxy) is 5. The molecule has 5 nitrogen and oxygen atoms in total. The Morgan fingerprint density at radius 2 is 1.82 bits per heavy atom. The fourth-order valence-corrected chi connectivity index (χ4v) is 2.62. The molecule has 1 fully saturated rings. The van der Waals surface area contributed by atoms with Crippen molar-refractivity contribution in [1.82, 2.24) is 0 Å². The van der Waals surface area contributed by atoms with Crippen LogP contribution in [0.4, 0.5) is 0 Å². The predicted molar refractivity (Wildman–Crippen MR) is 82.5 cm³/mol. The summed E-state index contributed by atoms with van der Waals surface area (Å²) in [5.41, 5.74) is 1.79. The van der Waals surface area contributed by atoms with Crippen LogP contribution in [0, 0.1) is 0 Å². The fraction of sp³-hybridized carbons (Fsp3) is 0.529. The SMILES string of the molecule is C=C1[C@@H](OCc2ccccc2)O[C@H](COC)[C@H](OC)[C@@H]1OC. The van der Waals surface area contributed by atoms with E-state index in [1.165, 1.54) is 0 Å². The third-order valence-electron chi connectivity index (χ3n) is 3.73. The molecule has 122 valence electrons. The molecule has 0 N–H and O–H groups in total. The van der Waals surface area contributed by atoms with Gasteiger partial charge in [-0.1, -0.05) is 36.9 Å². The Hall–Kier alpha value is -1.24. The molecule has 0 unspecified atom stereocenters. The zero-order chi connectivity index (χ0) is 15.9. The minimum absolute atomic E-state index is 0.269. The van der Waals surface area contributed by atoms with Gasteiger partial charge in [-0.3, -0.25) is 0 Å². The van der Waals surface area contributed by atoms with Gasteiger partial charge in [-0.2, -0.15) is 0 Å². The maximum atomic E-state index is 5.94. The van der Waals surface area contributed by atoms with Crippen LogP contribution in [0.1, 0.15) is 5.56 Å². The Balaban J connectivity index is 2.05. The Bertz CT molecular complexity index is 461. The van der Waals surface area contributed by atoms with Gasteiger partial charge in [0, 0.05) is 26.9 Å². The Morgan fingerprint density at radius 3 is 2.41 bits per heavy atom. The van der Waals surface area contributed by atoms with E-state index in [9.17, 15) is 0 Å². The molecule has 0 bridgehead atoms. The van der Waals surface area contributed by atoms with Crippen molar-refractivity contribution >= 4 is 0 Å². The summed E-state index contributed by atoms with van der Waals surface area (Å²) in [5, 5.41) is 0. The number of rotatable bonds is 7.